The first-order valence-corrected chi connectivity index (χ1v) is 13.1. The van der Waals surface area contributed by atoms with Gasteiger partial charge in [0.15, 0.2) is 5.78 Å². The smallest absolute Gasteiger partial charge is 0.176 e. The van der Waals surface area contributed by atoms with Crippen molar-refractivity contribution in [1.82, 2.24) is 9.78 Å². The molecule has 6 rings (SSSR count). The molecule has 1 aromatic heterocycles. The molecule has 3 aromatic carbocycles. The summed E-state index contributed by atoms with van der Waals surface area (Å²) in [6.45, 7) is 4.14. The molecule has 0 unspecified atom stereocenters. The highest BCUT2D eigenvalue weighted by Crippen LogP contribution is 2.52. The monoisotopic (exact) mass is 499 g/mol. The number of hydrogen-bond acceptors (Lipinski definition) is 4. The average Bonchev–Trinajstić information content (AvgIpc) is 3.37. The molecule has 0 amide bonds. The van der Waals surface area contributed by atoms with Gasteiger partial charge in [-0.05, 0) is 53.6 Å². The van der Waals surface area contributed by atoms with Crippen LogP contribution in [0.3, 0.4) is 0 Å². The van der Waals surface area contributed by atoms with E-state index in [0.717, 1.165) is 52.2 Å². The van der Waals surface area contributed by atoms with Crippen molar-refractivity contribution >= 4 is 5.78 Å². The lowest BCUT2D eigenvalue weighted by Gasteiger charge is -2.45. The molecule has 2 aliphatic carbocycles. The summed E-state index contributed by atoms with van der Waals surface area (Å²) >= 11 is 0. The molecule has 3 atom stereocenters. The fraction of sp³-hybridized carbons (Fsp3) is 0.242. The first-order valence-electron chi connectivity index (χ1n) is 13.1. The fourth-order valence-electron chi connectivity index (χ4n) is 6.51. The third-order valence-electron chi connectivity index (χ3n) is 8.42. The van der Waals surface area contributed by atoms with Crippen LogP contribution in [0.4, 0.5) is 0 Å². The number of carbonyl (C=O) groups excluding carboxylic acids is 1. The molecule has 4 aromatic rings. The van der Waals surface area contributed by atoms with E-state index in [0.29, 0.717) is 0 Å². The molecule has 1 heterocycles. The molecule has 0 saturated carbocycles. The molecule has 0 aliphatic heterocycles. The minimum Gasteiger partial charge on any atom is -0.392 e. The lowest BCUT2D eigenvalue weighted by atomic mass is 9.57. The Morgan fingerprint density at radius 1 is 1.03 bits per heavy atom. The van der Waals surface area contributed by atoms with Gasteiger partial charge in [-0.1, -0.05) is 80.6 Å². The molecule has 5 heteroatoms. The number of rotatable bonds is 4. The number of benzene rings is 3. The first kappa shape index (κ1) is 24.1. The number of aromatic nitrogens is 2. The number of Topliss-reactive ketones (excluding diaryl/α,β-unsaturated/α-hetero) is 1. The molecule has 0 spiro atoms. The van der Waals surface area contributed by atoms with Crippen LogP contribution in [0, 0.1) is 23.2 Å². The largest absolute Gasteiger partial charge is 0.392 e. The van der Waals surface area contributed by atoms with Crippen LogP contribution in [0.15, 0.2) is 90.5 Å². The highest BCUT2D eigenvalue weighted by Gasteiger charge is 2.50. The maximum absolute atomic E-state index is 12.9. The lowest BCUT2D eigenvalue weighted by molar-refractivity contribution is -0.121. The Morgan fingerprint density at radius 2 is 1.76 bits per heavy atom. The van der Waals surface area contributed by atoms with E-state index in [9.17, 15) is 15.2 Å². The van der Waals surface area contributed by atoms with Gasteiger partial charge in [0, 0.05) is 22.5 Å². The van der Waals surface area contributed by atoms with Crippen LogP contribution in [-0.4, -0.2) is 20.7 Å². The van der Waals surface area contributed by atoms with Crippen molar-refractivity contribution in [3.05, 3.63) is 107 Å². The van der Waals surface area contributed by atoms with E-state index < -0.39 is 5.41 Å². The Morgan fingerprint density at radius 3 is 2.47 bits per heavy atom. The number of aliphatic hydroxyl groups is 1. The Kier molecular flexibility index (Phi) is 5.86. The average molecular weight is 500 g/mol. The summed E-state index contributed by atoms with van der Waals surface area (Å²) in [5.74, 6) is -0.182. The molecule has 0 fully saturated rings. The number of ketones is 1. The Labute approximate surface area is 222 Å². The molecule has 0 radical (unpaired) electrons. The number of allylic oxidation sites excluding steroid dienone is 2. The minimum absolute atomic E-state index is 0.00644. The van der Waals surface area contributed by atoms with Crippen LogP contribution in [0.2, 0.25) is 0 Å². The van der Waals surface area contributed by atoms with Crippen LogP contribution >= 0.6 is 0 Å². The number of aliphatic hydroxyl groups excluding tert-OH is 1. The third kappa shape index (κ3) is 3.72. The number of hydrogen-bond donors (Lipinski definition) is 1. The zero-order chi connectivity index (χ0) is 26.4. The van der Waals surface area contributed by atoms with Crippen molar-refractivity contribution in [2.75, 3.05) is 0 Å². The predicted octanol–water partition coefficient (Wildman–Crippen LogP) is 6.19. The van der Waals surface area contributed by atoms with Crippen molar-refractivity contribution in [3.8, 4) is 34.1 Å². The highest BCUT2D eigenvalue weighted by atomic mass is 16.3. The Balaban J connectivity index is 1.54. The molecular weight excluding hydrogens is 470 g/mol. The van der Waals surface area contributed by atoms with Gasteiger partial charge < -0.3 is 5.11 Å². The molecule has 188 valence electrons. The van der Waals surface area contributed by atoms with Crippen LogP contribution in [0.5, 0.6) is 0 Å². The normalized spacial score (nSPS) is 22.3. The fourth-order valence-corrected chi connectivity index (χ4v) is 6.51. The topological polar surface area (TPSA) is 78.9 Å². The lowest BCUT2D eigenvalue weighted by Crippen LogP contribution is -2.46. The van der Waals surface area contributed by atoms with Gasteiger partial charge >= 0.3 is 0 Å². The van der Waals surface area contributed by atoms with Crippen molar-refractivity contribution in [2.24, 2.45) is 11.8 Å². The SMILES string of the molecule is C[C@H]1C(=O)C(C#N)=C[C@@]2(C)c3c(c(-c4ccccc4)nn3-c3ccc(-c4cccc(CO)c4)cc3)CC[C@H]12. The van der Waals surface area contributed by atoms with Crippen molar-refractivity contribution in [3.63, 3.8) is 0 Å². The van der Waals surface area contributed by atoms with E-state index in [-0.39, 0.29) is 29.8 Å². The van der Waals surface area contributed by atoms with Crippen molar-refractivity contribution in [2.45, 2.75) is 38.7 Å². The van der Waals surface area contributed by atoms with E-state index >= 15 is 0 Å². The van der Waals surface area contributed by atoms with Gasteiger partial charge in [0.05, 0.1) is 29.3 Å². The quantitative estimate of drug-likeness (QED) is 0.363. The van der Waals surface area contributed by atoms with Crippen molar-refractivity contribution in [1.29, 1.82) is 5.26 Å². The molecule has 1 N–H and O–H groups in total. The van der Waals surface area contributed by atoms with E-state index in [1.165, 1.54) is 5.56 Å². The van der Waals surface area contributed by atoms with Gasteiger partial charge in [0.25, 0.3) is 0 Å². The van der Waals surface area contributed by atoms with Gasteiger partial charge in [-0.15, -0.1) is 0 Å². The third-order valence-corrected chi connectivity index (χ3v) is 8.42. The first-order chi connectivity index (χ1) is 18.4. The van der Waals surface area contributed by atoms with Gasteiger partial charge in [0.2, 0.25) is 0 Å². The zero-order valence-electron chi connectivity index (χ0n) is 21.6. The predicted molar refractivity (Wildman–Crippen MR) is 147 cm³/mol. The second-order valence-corrected chi connectivity index (χ2v) is 10.6. The van der Waals surface area contributed by atoms with Crippen LogP contribution in [0.25, 0.3) is 28.1 Å². The van der Waals surface area contributed by atoms with Gasteiger partial charge in [-0.3, -0.25) is 4.79 Å². The van der Waals surface area contributed by atoms with E-state index in [2.05, 4.69) is 49.4 Å². The second-order valence-electron chi connectivity index (χ2n) is 10.6. The van der Waals surface area contributed by atoms with Gasteiger partial charge in [-0.25, -0.2) is 4.68 Å². The maximum atomic E-state index is 12.9. The van der Waals surface area contributed by atoms with Crippen LogP contribution in [-0.2, 0) is 23.2 Å². The summed E-state index contributed by atoms with van der Waals surface area (Å²) in [5, 5.41) is 24.5. The number of carbonyl (C=O) groups is 1. The van der Waals surface area contributed by atoms with Gasteiger partial charge in [0.1, 0.15) is 6.07 Å². The maximum Gasteiger partial charge on any atom is 0.176 e. The zero-order valence-corrected chi connectivity index (χ0v) is 21.6. The number of nitriles is 1. The summed E-state index contributed by atoms with van der Waals surface area (Å²) in [7, 11) is 0. The second kappa shape index (κ2) is 9.24. The number of fused-ring (bicyclic) bond motifs is 3. The standard InChI is InChI=1S/C33H29N3O2/c1-21-29-16-15-28-30(24-8-4-3-5-9-24)35-36(32(28)33(29,2)18-26(19-34)31(21)38)27-13-11-23(12-14-27)25-10-6-7-22(17-25)20-37/h3-14,17-18,21,29,37H,15-16,20H2,1-2H3/t21-,29-,33-/m1/s1. The molecule has 38 heavy (non-hydrogen) atoms. The molecule has 0 saturated heterocycles. The van der Waals surface area contributed by atoms with Crippen molar-refractivity contribution < 1.29 is 9.90 Å². The summed E-state index contributed by atoms with van der Waals surface area (Å²) in [5.41, 5.74) is 7.92. The Bertz CT molecular complexity index is 1610. The van der Waals surface area contributed by atoms with Gasteiger partial charge in [-0.2, -0.15) is 10.4 Å². The minimum atomic E-state index is -0.500. The summed E-state index contributed by atoms with van der Waals surface area (Å²) in [6.07, 6.45) is 3.61. The molecule has 5 nitrogen and oxygen atoms in total. The van der Waals surface area contributed by atoms with E-state index in [4.69, 9.17) is 5.10 Å². The summed E-state index contributed by atoms with van der Waals surface area (Å²) < 4.78 is 2.03. The summed E-state index contributed by atoms with van der Waals surface area (Å²) in [4.78, 5) is 12.9. The Hall–Kier alpha value is -4.27. The molecular formula is C33H29N3O2. The number of nitrogens with zero attached hydrogens (tertiary/aromatic N) is 3. The molecule has 2 aliphatic rings. The van der Waals surface area contributed by atoms with E-state index in [1.807, 2.05) is 60.1 Å². The highest BCUT2D eigenvalue weighted by molar-refractivity contribution is 6.02. The van der Waals surface area contributed by atoms with E-state index in [1.54, 1.807) is 0 Å². The van der Waals surface area contributed by atoms with Crippen LogP contribution < -0.4 is 0 Å². The summed E-state index contributed by atoms with van der Waals surface area (Å²) in [6, 6.07) is 28.6. The molecule has 0 bridgehead atoms. The van der Waals surface area contributed by atoms with Crippen LogP contribution in [0.1, 0.15) is 37.1 Å².